The average Bonchev–Trinajstić information content (AvgIpc) is 2.81. The Morgan fingerprint density at radius 3 is 2.76 bits per heavy atom. The van der Waals surface area contributed by atoms with Gasteiger partial charge < -0.3 is 14.6 Å². The number of thioether (sulfide) groups is 1. The van der Waals surface area contributed by atoms with Crippen molar-refractivity contribution in [3.05, 3.63) is 38.8 Å². The third-order valence-corrected chi connectivity index (χ3v) is 4.78. The number of carbonyl (C=O) groups is 3. The van der Waals surface area contributed by atoms with Gasteiger partial charge in [-0.25, -0.2) is 4.79 Å². The number of imide groups is 1. The highest BCUT2D eigenvalue weighted by Crippen LogP contribution is 2.37. The number of aliphatic carboxylic acids is 1. The number of amides is 2. The molecule has 1 aromatic rings. The van der Waals surface area contributed by atoms with Crippen LogP contribution < -0.4 is 9.47 Å². The molecule has 0 radical (unpaired) electrons. The quantitative estimate of drug-likeness (QED) is 0.368. The lowest BCUT2D eigenvalue weighted by Gasteiger charge is -2.12. The van der Waals surface area contributed by atoms with Gasteiger partial charge in [-0.2, -0.15) is 0 Å². The van der Waals surface area contributed by atoms with Crippen LogP contribution in [0.1, 0.15) is 5.56 Å². The number of methoxy groups -OCH3 is 1. The Labute approximate surface area is 161 Å². The third kappa shape index (κ3) is 4.54. The van der Waals surface area contributed by atoms with Crippen LogP contribution in [-0.4, -0.2) is 47.4 Å². The molecule has 25 heavy (non-hydrogen) atoms. The first-order chi connectivity index (χ1) is 11.9. The predicted molar refractivity (Wildman–Crippen MR) is 102 cm³/mol. The molecule has 1 heterocycles. The Bertz CT molecular complexity index is 776. The first-order valence-electron chi connectivity index (χ1n) is 6.95. The summed E-state index contributed by atoms with van der Waals surface area (Å²) < 4.78 is 11.1. The van der Waals surface area contributed by atoms with E-state index < -0.39 is 12.6 Å². The smallest absolute Gasteiger partial charge is 0.341 e. The topological polar surface area (TPSA) is 93.1 Å². The summed E-state index contributed by atoms with van der Waals surface area (Å²) in [5.74, 6) is -0.833. The number of carboxylic acid groups (broad SMARTS) is 1. The van der Waals surface area contributed by atoms with Gasteiger partial charge >= 0.3 is 5.97 Å². The second kappa shape index (κ2) is 8.39. The number of rotatable bonds is 7. The molecule has 7 nitrogen and oxygen atoms in total. The van der Waals surface area contributed by atoms with Gasteiger partial charge in [0, 0.05) is 6.54 Å². The molecule has 0 unspecified atom stereocenters. The molecule has 132 valence electrons. The summed E-state index contributed by atoms with van der Waals surface area (Å²) in [4.78, 5) is 36.2. The molecule has 0 atom stereocenters. The van der Waals surface area contributed by atoms with Crippen LogP contribution >= 0.6 is 34.4 Å². The molecule has 1 aliphatic rings. The van der Waals surface area contributed by atoms with Crippen molar-refractivity contribution >= 4 is 57.5 Å². The van der Waals surface area contributed by atoms with Crippen molar-refractivity contribution in [3.8, 4) is 11.5 Å². The monoisotopic (exact) mass is 475 g/mol. The van der Waals surface area contributed by atoms with E-state index in [0.29, 0.717) is 25.5 Å². The molecule has 1 aromatic carbocycles. The van der Waals surface area contributed by atoms with Crippen molar-refractivity contribution in [2.24, 2.45) is 0 Å². The molecule has 1 aliphatic heterocycles. The van der Waals surface area contributed by atoms with E-state index in [1.807, 2.05) is 22.6 Å². The summed E-state index contributed by atoms with van der Waals surface area (Å²) in [6.45, 7) is 3.19. The molecule has 0 bridgehead atoms. The number of benzene rings is 1. The maximum Gasteiger partial charge on any atom is 0.341 e. The molecule has 9 heteroatoms. The lowest BCUT2D eigenvalue weighted by atomic mass is 10.2. The van der Waals surface area contributed by atoms with Gasteiger partial charge in [0.2, 0.25) is 0 Å². The molecule has 2 amide bonds. The summed E-state index contributed by atoms with van der Waals surface area (Å²) in [6, 6.07) is 3.32. The summed E-state index contributed by atoms with van der Waals surface area (Å²) in [5.41, 5.74) is 0.632. The molecule has 1 N–H and O–H groups in total. The van der Waals surface area contributed by atoms with Crippen LogP contribution in [0.5, 0.6) is 11.5 Å². The van der Waals surface area contributed by atoms with Gasteiger partial charge in [-0.05, 0) is 58.1 Å². The molecule has 1 saturated heterocycles. The SMILES string of the molecule is C=CCN1C(=O)S/C(=C/c2cc(I)c(OCC(=O)O)c(OC)c2)C1=O. The average molecular weight is 475 g/mol. The van der Waals surface area contributed by atoms with Crippen LogP contribution in [0, 0.1) is 3.57 Å². The molecule has 1 fully saturated rings. The van der Waals surface area contributed by atoms with Crippen molar-refractivity contribution in [3.63, 3.8) is 0 Å². The van der Waals surface area contributed by atoms with Gasteiger partial charge in [-0.1, -0.05) is 6.08 Å². The van der Waals surface area contributed by atoms with Crippen molar-refractivity contribution in [2.45, 2.75) is 0 Å². The van der Waals surface area contributed by atoms with E-state index in [4.69, 9.17) is 14.6 Å². The molecule has 2 rings (SSSR count). The van der Waals surface area contributed by atoms with Crippen LogP contribution in [0.15, 0.2) is 29.7 Å². The van der Waals surface area contributed by atoms with Crippen molar-refractivity contribution in [1.29, 1.82) is 0 Å². The van der Waals surface area contributed by atoms with Crippen LogP contribution in [0.25, 0.3) is 6.08 Å². The Hall–Kier alpha value is -2.01. The molecule has 0 spiro atoms. The highest BCUT2D eigenvalue weighted by Gasteiger charge is 2.34. The highest BCUT2D eigenvalue weighted by atomic mass is 127. The zero-order valence-corrected chi connectivity index (χ0v) is 16.1. The number of hydrogen-bond donors (Lipinski definition) is 1. The van der Waals surface area contributed by atoms with Gasteiger partial charge in [-0.3, -0.25) is 14.5 Å². The predicted octanol–water partition coefficient (Wildman–Crippen LogP) is 2.99. The molecular formula is C16H14INO6S. The minimum atomic E-state index is -1.10. The zero-order chi connectivity index (χ0) is 18.6. The maximum atomic E-state index is 12.2. The van der Waals surface area contributed by atoms with Crippen molar-refractivity contribution in [2.75, 3.05) is 20.3 Å². The van der Waals surface area contributed by atoms with E-state index >= 15 is 0 Å². The number of hydrogen-bond acceptors (Lipinski definition) is 6. The van der Waals surface area contributed by atoms with E-state index in [1.165, 1.54) is 13.2 Å². The number of nitrogens with zero attached hydrogens (tertiary/aromatic N) is 1. The van der Waals surface area contributed by atoms with Crippen LogP contribution in [-0.2, 0) is 9.59 Å². The summed E-state index contributed by atoms with van der Waals surface area (Å²) >= 11 is 2.84. The lowest BCUT2D eigenvalue weighted by molar-refractivity contribution is -0.139. The van der Waals surface area contributed by atoms with E-state index in [-0.39, 0.29) is 17.7 Å². The molecular weight excluding hydrogens is 461 g/mol. The second-order valence-electron chi connectivity index (χ2n) is 4.80. The Morgan fingerprint density at radius 2 is 2.16 bits per heavy atom. The Kier molecular flexibility index (Phi) is 6.48. The van der Waals surface area contributed by atoms with E-state index in [1.54, 1.807) is 18.2 Å². The minimum Gasteiger partial charge on any atom is -0.493 e. The summed E-state index contributed by atoms with van der Waals surface area (Å²) in [7, 11) is 1.43. The fourth-order valence-electron chi connectivity index (χ4n) is 2.03. The molecule has 0 aromatic heterocycles. The fourth-order valence-corrected chi connectivity index (χ4v) is 3.66. The normalized spacial score (nSPS) is 15.6. The second-order valence-corrected chi connectivity index (χ2v) is 6.95. The van der Waals surface area contributed by atoms with Gasteiger partial charge in [0.05, 0.1) is 15.6 Å². The molecule has 0 aliphatic carbocycles. The van der Waals surface area contributed by atoms with Crippen LogP contribution in [0.3, 0.4) is 0 Å². The molecule has 0 saturated carbocycles. The zero-order valence-electron chi connectivity index (χ0n) is 13.2. The van der Waals surface area contributed by atoms with Gasteiger partial charge in [0.25, 0.3) is 11.1 Å². The van der Waals surface area contributed by atoms with E-state index in [0.717, 1.165) is 16.7 Å². The highest BCUT2D eigenvalue weighted by molar-refractivity contribution is 14.1. The maximum absolute atomic E-state index is 12.2. The number of carboxylic acids is 1. The van der Waals surface area contributed by atoms with Crippen LogP contribution in [0.4, 0.5) is 4.79 Å². The third-order valence-electron chi connectivity index (χ3n) is 3.07. The largest absolute Gasteiger partial charge is 0.493 e. The van der Waals surface area contributed by atoms with Crippen molar-refractivity contribution in [1.82, 2.24) is 4.90 Å². The van der Waals surface area contributed by atoms with Crippen LogP contribution in [0.2, 0.25) is 0 Å². The van der Waals surface area contributed by atoms with Crippen molar-refractivity contribution < 1.29 is 29.0 Å². The summed E-state index contributed by atoms with van der Waals surface area (Å²) in [5, 5.41) is 8.39. The fraction of sp³-hybridized carbons (Fsp3) is 0.188. The van der Waals surface area contributed by atoms with Gasteiger partial charge in [0.15, 0.2) is 18.1 Å². The number of carbonyl (C=O) groups excluding carboxylic acids is 2. The first-order valence-corrected chi connectivity index (χ1v) is 8.85. The van der Waals surface area contributed by atoms with Gasteiger partial charge in [-0.15, -0.1) is 6.58 Å². The van der Waals surface area contributed by atoms with Gasteiger partial charge in [0.1, 0.15) is 0 Å². The van der Waals surface area contributed by atoms with E-state index in [2.05, 4.69) is 6.58 Å². The number of ether oxygens (including phenoxy) is 2. The summed E-state index contributed by atoms with van der Waals surface area (Å²) in [6.07, 6.45) is 3.07. The minimum absolute atomic E-state index is 0.158. The standard InChI is InChI=1S/C16H14INO6S/c1-3-4-18-15(21)12(25-16(18)22)7-9-5-10(17)14(11(6-9)23-2)24-8-13(19)20/h3,5-7H,1,4,8H2,2H3,(H,19,20)/b12-7+. The first kappa shape index (κ1) is 19.3. The lowest BCUT2D eigenvalue weighted by Crippen LogP contribution is -2.27. The number of halogens is 1. The Morgan fingerprint density at radius 1 is 1.44 bits per heavy atom. The van der Waals surface area contributed by atoms with E-state index in [9.17, 15) is 14.4 Å². The Balaban J connectivity index is 2.33.